The lowest BCUT2D eigenvalue weighted by Crippen LogP contribution is -2.24. The Balaban J connectivity index is 3.95. The van der Waals surface area contributed by atoms with E-state index in [1.165, 1.54) is 0 Å². The van der Waals surface area contributed by atoms with E-state index in [9.17, 15) is 4.79 Å². The van der Waals surface area contributed by atoms with E-state index in [0.717, 1.165) is 13.0 Å². The molecule has 0 aromatic rings. The monoisotopic (exact) mass is 187 g/mol. The first-order valence-corrected chi connectivity index (χ1v) is 4.78. The fourth-order valence-electron chi connectivity index (χ4n) is 1.65. The summed E-state index contributed by atoms with van der Waals surface area (Å²) in [6.07, 6.45) is 1.28. The summed E-state index contributed by atoms with van der Waals surface area (Å²) in [5, 5.41) is 8.69. The quantitative estimate of drug-likeness (QED) is 0.688. The Kier molecular flexibility index (Phi) is 5.71. The van der Waals surface area contributed by atoms with Crippen molar-refractivity contribution in [3.63, 3.8) is 0 Å². The van der Waals surface area contributed by atoms with Crippen LogP contribution < -0.4 is 0 Å². The van der Waals surface area contributed by atoms with Crippen molar-refractivity contribution < 1.29 is 9.90 Å². The van der Waals surface area contributed by atoms with Gasteiger partial charge in [0.2, 0.25) is 0 Å². The number of carboxylic acid groups (broad SMARTS) is 1. The smallest absolute Gasteiger partial charge is 0.303 e. The van der Waals surface area contributed by atoms with E-state index in [4.69, 9.17) is 5.11 Å². The van der Waals surface area contributed by atoms with E-state index in [-0.39, 0.29) is 12.3 Å². The number of carbonyl (C=O) groups is 1. The minimum absolute atomic E-state index is 0.285. The van der Waals surface area contributed by atoms with E-state index in [2.05, 4.69) is 18.7 Å². The van der Waals surface area contributed by atoms with Crippen LogP contribution in [0.5, 0.6) is 0 Å². The molecule has 0 fully saturated rings. The number of aliphatic carboxylic acids is 1. The minimum Gasteiger partial charge on any atom is -0.481 e. The van der Waals surface area contributed by atoms with Crippen molar-refractivity contribution in [2.45, 2.75) is 26.7 Å². The van der Waals surface area contributed by atoms with E-state index in [1.54, 1.807) is 0 Å². The Morgan fingerprint density at radius 2 is 1.92 bits per heavy atom. The van der Waals surface area contributed by atoms with Gasteiger partial charge in [0.15, 0.2) is 0 Å². The maximum atomic E-state index is 10.6. The number of hydrogen-bond donors (Lipinski definition) is 1. The molecular weight excluding hydrogens is 166 g/mol. The predicted molar refractivity (Wildman–Crippen MR) is 53.8 cm³/mol. The van der Waals surface area contributed by atoms with Crippen molar-refractivity contribution in [2.24, 2.45) is 11.8 Å². The van der Waals surface area contributed by atoms with Crippen LogP contribution in [-0.4, -0.2) is 36.6 Å². The van der Waals surface area contributed by atoms with E-state index in [0.29, 0.717) is 5.92 Å². The Labute approximate surface area is 80.7 Å². The molecule has 0 aromatic heterocycles. The van der Waals surface area contributed by atoms with E-state index >= 15 is 0 Å². The molecule has 78 valence electrons. The normalized spacial score (nSPS) is 13.7. The number of nitrogens with zero attached hydrogens (tertiary/aromatic N) is 1. The number of rotatable bonds is 6. The second-order valence-corrected chi connectivity index (χ2v) is 4.36. The molecule has 0 amide bonds. The zero-order chi connectivity index (χ0) is 10.4. The van der Waals surface area contributed by atoms with Gasteiger partial charge < -0.3 is 10.0 Å². The Bertz CT molecular complexity index is 145. The zero-order valence-electron chi connectivity index (χ0n) is 9.08. The third kappa shape index (κ3) is 7.78. The van der Waals surface area contributed by atoms with Crippen molar-refractivity contribution in [2.75, 3.05) is 20.6 Å². The fraction of sp³-hybridized carbons (Fsp3) is 0.900. The van der Waals surface area contributed by atoms with Crippen LogP contribution in [0.1, 0.15) is 26.7 Å². The largest absolute Gasteiger partial charge is 0.481 e. The number of hydrogen-bond acceptors (Lipinski definition) is 2. The molecule has 1 atom stereocenters. The van der Waals surface area contributed by atoms with Gasteiger partial charge in [0, 0.05) is 13.0 Å². The molecule has 0 heterocycles. The highest BCUT2D eigenvalue weighted by Gasteiger charge is 2.15. The van der Waals surface area contributed by atoms with Gasteiger partial charge in [-0.25, -0.2) is 0 Å². The molecule has 0 aromatic carbocycles. The van der Waals surface area contributed by atoms with E-state index in [1.807, 2.05) is 14.1 Å². The van der Waals surface area contributed by atoms with Gasteiger partial charge in [-0.1, -0.05) is 13.8 Å². The van der Waals surface area contributed by atoms with Crippen LogP contribution in [0.4, 0.5) is 0 Å². The number of carboxylic acids is 1. The summed E-state index contributed by atoms with van der Waals surface area (Å²) in [5.41, 5.74) is 0. The minimum atomic E-state index is -0.687. The Morgan fingerprint density at radius 3 is 2.23 bits per heavy atom. The first-order valence-electron chi connectivity index (χ1n) is 4.78. The molecular formula is C10H21NO2. The summed E-state index contributed by atoms with van der Waals surface area (Å²) >= 11 is 0. The van der Waals surface area contributed by atoms with Crippen LogP contribution in [0.15, 0.2) is 0 Å². The molecule has 1 N–H and O–H groups in total. The van der Waals surface area contributed by atoms with Crippen molar-refractivity contribution in [3.8, 4) is 0 Å². The lowest BCUT2D eigenvalue weighted by atomic mass is 9.94. The van der Waals surface area contributed by atoms with Gasteiger partial charge in [-0.05, 0) is 32.4 Å². The highest BCUT2D eigenvalue weighted by Crippen LogP contribution is 2.15. The Morgan fingerprint density at radius 1 is 1.38 bits per heavy atom. The average molecular weight is 187 g/mol. The van der Waals surface area contributed by atoms with Crippen LogP contribution in [0, 0.1) is 11.8 Å². The summed E-state index contributed by atoms with van der Waals surface area (Å²) in [5.74, 6) is 0.171. The molecule has 0 aliphatic carbocycles. The summed E-state index contributed by atoms with van der Waals surface area (Å²) in [6.45, 7) is 5.12. The SMILES string of the molecule is CC(C)CC(CC(=O)O)CN(C)C. The van der Waals surface area contributed by atoms with Crippen molar-refractivity contribution in [1.82, 2.24) is 4.90 Å². The van der Waals surface area contributed by atoms with Gasteiger partial charge in [-0.15, -0.1) is 0 Å². The first-order chi connectivity index (χ1) is 5.91. The average Bonchev–Trinajstić information content (AvgIpc) is 1.80. The molecule has 0 aliphatic heterocycles. The molecule has 0 spiro atoms. The topological polar surface area (TPSA) is 40.5 Å². The molecule has 1 unspecified atom stereocenters. The van der Waals surface area contributed by atoms with Gasteiger partial charge in [-0.2, -0.15) is 0 Å². The van der Waals surface area contributed by atoms with Crippen LogP contribution >= 0.6 is 0 Å². The maximum Gasteiger partial charge on any atom is 0.303 e. The van der Waals surface area contributed by atoms with Crippen LogP contribution in [0.3, 0.4) is 0 Å². The van der Waals surface area contributed by atoms with Crippen molar-refractivity contribution in [1.29, 1.82) is 0 Å². The molecule has 0 aliphatic rings. The standard InChI is InChI=1S/C10H21NO2/c1-8(2)5-9(6-10(12)13)7-11(3)4/h8-9H,5-7H2,1-4H3,(H,12,13). The summed E-state index contributed by atoms with van der Waals surface area (Å²) in [7, 11) is 3.96. The molecule has 0 bridgehead atoms. The van der Waals surface area contributed by atoms with Gasteiger partial charge in [0.05, 0.1) is 0 Å². The summed E-state index contributed by atoms with van der Waals surface area (Å²) in [4.78, 5) is 12.6. The molecule has 0 saturated heterocycles. The lowest BCUT2D eigenvalue weighted by Gasteiger charge is -2.20. The van der Waals surface area contributed by atoms with Crippen LogP contribution in [0.2, 0.25) is 0 Å². The third-order valence-electron chi connectivity index (χ3n) is 1.89. The maximum absolute atomic E-state index is 10.6. The van der Waals surface area contributed by atoms with Crippen molar-refractivity contribution in [3.05, 3.63) is 0 Å². The van der Waals surface area contributed by atoms with E-state index < -0.39 is 5.97 Å². The third-order valence-corrected chi connectivity index (χ3v) is 1.89. The second kappa shape index (κ2) is 5.97. The molecule has 0 saturated carbocycles. The zero-order valence-corrected chi connectivity index (χ0v) is 9.08. The molecule has 0 rings (SSSR count). The van der Waals surface area contributed by atoms with Crippen molar-refractivity contribution >= 4 is 5.97 Å². The summed E-state index contributed by atoms with van der Waals surface area (Å²) < 4.78 is 0. The van der Waals surface area contributed by atoms with Gasteiger partial charge in [-0.3, -0.25) is 4.79 Å². The lowest BCUT2D eigenvalue weighted by molar-refractivity contribution is -0.138. The van der Waals surface area contributed by atoms with Gasteiger partial charge >= 0.3 is 5.97 Å². The predicted octanol–water partition coefficient (Wildman–Crippen LogP) is 1.69. The molecule has 3 nitrogen and oxygen atoms in total. The molecule has 0 radical (unpaired) electrons. The van der Waals surface area contributed by atoms with Gasteiger partial charge in [0.25, 0.3) is 0 Å². The first kappa shape index (κ1) is 12.4. The highest BCUT2D eigenvalue weighted by molar-refractivity contribution is 5.67. The van der Waals surface area contributed by atoms with Gasteiger partial charge in [0.1, 0.15) is 0 Å². The second-order valence-electron chi connectivity index (χ2n) is 4.36. The van der Waals surface area contributed by atoms with Crippen LogP contribution in [0.25, 0.3) is 0 Å². The fourth-order valence-corrected chi connectivity index (χ4v) is 1.65. The summed E-state index contributed by atoms with van der Waals surface area (Å²) in [6, 6.07) is 0. The van der Waals surface area contributed by atoms with Crippen LogP contribution in [-0.2, 0) is 4.79 Å². The Hall–Kier alpha value is -0.570. The molecule has 13 heavy (non-hydrogen) atoms. The molecule has 3 heteroatoms. The highest BCUT2D eigenvalue weighted by atomic mass is 16.4.